The number of anilines is 1. The van der Waals surface area contributed by atoms with Crippen molar-refractivity contribution >= 4 is 5.82 Å². The molecule has 0 aromatic carbocycles. The van der Waals surface area contributed by atoms with Crippen molar-refractivity contribution < 1.29 is 17.6 Å². The fourth-order valence-corrected chi connectivity index (χ4v) is 1.25. The van der Waals surface area contributed by atoms with Gasteiger partial charge in [0.2, 0.25) is 5.95 Å². The molecule has 0 saturated heterocycles. The lowest BCUT2D eigenvalue weighted by Crippen LogP contribution is -2.38. The average Bonchev–Trinajstić information content (AvgIpc) is 2.84. The fraction of sp³-hybridized carbons (Fsp3) is 0.500. The van der Waals surface area contributed by atoms with E-state index in [9.17, 15) is 17.6 Å². The van der Waals surface area contributed by atoms with E-state index in [0.29, 0.717) is 0 Å². The molecule has 3 nitrogen and oxygen atoms in total. The third kappa shape index (κ3) is 1.86. The summed E-state index contributed by atoms with van der Waals surface area (Å²) in [4.78, 5) is 6.67. The molecule has 1 aromatic heterocycles. The molecular formula is C8H7F4N3. The molecule has 1 saturated carbocycles. The molecule has 2 rings (SSSR count). The number of nitrogens with zero attached hydrogens (tertiary/aromatic N) is 2. The Morgan fingerprint density at radius 1 is 1.27 bits per heavy atom. The van der Waals surface area contributed by atoms with Crippen molar-refractivity contribution in [2.24, 2.45) is 0 Å². The highest BCUT2D eigenvalue weighted by molar-refractivity contribution is 5.40. The maximum atomic E-state index is 12.6. The molecule has 82 valence electrons. The van der Waals surface area contributed by atoms with Crippen LogP contribution in [0.2, 0.25) is 0 Å². The van der Waals surface area contributed by atoms with Crippen molar-refractivity contribution in [1.82, 2.24) is 9.97 Å². The van der Waals surface area contributed by atoms with Crippen LogP contribution in [0, 0.1) is 5.95 Å². The first-order chi connectivity index (χ1) is 6.93. The maximum absolute atomic E-state index is 12.6. The Labute approximate surface area is 82.5 Å². The second kappa shape index (κ2) is 3.04. The first-order valence-electron chi connectivity index (χ1n) is 4.25. The van der Waals surface area contributed by atoms with E-state index in [-0.39, 0.29) is 18.7 Å². The molecule has 0 atom stereocenters. The summed E-state index contributed by atoms with van der Waals surface area (Å²) in [6.07, 6.45) is -3.48. The highest BCUT2D eigenvalue weighted by atomic mass is 19.4. The minimum atomic E-state index is -4.34. The van der Waals surface area contributed by atoms with Gasteiger partial charge in [-0.3, -0.25) is 0 Å². The van der Waals surface area contributed by atoms with Crippen LogP contribution >= 0.6 is 0 Å². The molecule has 0 spiro atoms. The smallest absolute Gasteiger partial charge is 0.356 e. The van der Waals surface area contributed by atoms with Gasteiger partial charge in [0.05, 0.1) is 0 Å². The summed E-state index contributed by atoms with van der Waals surface area (Å²) in [5.74, 6) is -0.997. The van der Waals surface area contributed by atoms with Gasteiger partial charge in [0.15, 0.2) is 0 Å². The van der Waals surface area contributed by atoms with E-state index < -0.39 is 17.7 Å². The van der Waals surface area contributed by atoms with Crippen LogP contribution in [0.4, 0.5) is 23.4 Å². The van der Waals surface area contributed by atoms with E-state index in [1.807, 2.05) is 0 Å². The van der Waals surface area contributed by atoms with Crippen LogP contribution in [0.1, 0.15) is 12.8 Å². The summed E-state index contributed by atoms with van der Waals surface area (Å²) in [5, 5.41) is 2.19. The monoisotopic (exact) mass is 221 g/mol. The number of hydrogen-bond donors (Lipinski definition) is 1. The maximum Gasteiger partial charge on any atom is 0.411 e. The summed E-state index contributed by atoms with van der Waals surface area (Å²) < 4.78 is 50.0. The van der Waals surface area contributed by atoms with Crippen LogP contribution in [0.5, 0.6) is 0 Å². The summed E-state index contributed by atoms with van der Waals surface area (Å²) in [6.45, 7) is 0. The molecule has 1 fully saturated rings. The molecule has 1 aliphatic rings. The van der Waals surface area contributed by atoms with Gasteiger partial charge in [-0.05, 0) is 12.8 Å². The Kier molecular flexibility index (Phi) is 2.06. The lowest BCUT2D eigenvalue weighted by Gasteiger charge is -2.20. The predicted octanol–water partition coefficient (Wildman–Crippen LogP) is 2.12. The van der Waals surface area contributed by atoms with Gasteiger partial charge < -0.3 is 5.32 Å². The van der Waals surface area contributed by atoms with Crippen LogP contribution in [0.15, 0.2) is 12.4 Å². The largest absolute Gasteiger partial charge is 0.411 e. The minimum absolute atomic E-state index is 0.0118. The van der Waals surface area contributed by atoms with Gasteiger partial charge in [0.1, 0.15) is 17.7 Å². The molecule has 0 radical (unpaired) electrons. The number of nitrogens with one attached hydrogen (secondary N) is 1. The van der Waals surface area contributed by atoms with Crippen molar-refractivity contribution in [3.05, 3.63) is 18.3 Å². The third-order valence-corrected chi connectivity index (χ3v) is 2.29. The van der Waals surface area contributed by atoms with Crippen molar-refractivity contribution in [1.29, 1.82) is 0 Å². The van der Waals surface area contributed by atoms with Crippen LogP contribution in [0.25, 0.3) is 0 Å². The third-order valence-electron chi connectivity index (χ3n) is 2.29. The SMILES string of the molecule is Fc1cc(NC2(C(F)(F)F)CC2)ncn1. The second-order valence-electron chi connectivity index (χ2n) is 3.43. The summed E-state index contributed by atoms with van der Waals surface area (Å²) >= 11 is 0. The predicted molar refractivity (Wildman–Crippen MR) is 43.6 cm³/mol. The van der Waals surface area contributed by atoms with E-state index >= 15 is 0 Å². The molecule has 0 amide bonds. The molecular weight excluding hydrogens is 214 g/mol. The first-order valence-corrected chi connectivity index (χ1v) is 4.25. The van der Waals surface area contributed by atoms with Crippen LogP contribution in [-0.4, -0.2) is 21.7 Å². The van der Waals surface area contributed by atoms with Crippen LogP contribution in [0.3, 0.4) is 0 Å². The van der Waals surface area contributed by atoms with Gasteiger partial charge in [0, 0.05) is 6.07 Å². The van der Waals surface area contributed by atoms with E-state index in [2.05, 4.69) is 15.3 Å². The van der Waals surface area contributed by atoms with Crippen molar-refractivity contribution in [3.63, 3.8) is 0 Å². The summed E-state index contributed by atoms with van der Waals surface area (Å²) in [7, 11) is 0. The highest BCUT2D eigenvalue weighted by Gasteiger charge is 2.63. The molecule has 7 heteroatoms. The quantitative estimate of drug-likeness (QED) is 0.614. The molecule has 1 heterocycles. The number of halogens is 4. The average molecular weight is 221 g/mol. The molecule has 15 heavy (non-hydrogen) atoms. The molecule has 0 unspecified atom stereocenters. The Bertz CT molecular complexity index is 372. The highest BCUT2D eigenvalue weighted by Crippen LogP contribution is 2.50. The standard InChI is InChI=1S/C8H7F4N3/c9-5-3-6(14-4-13-5)15-7(1-2-7)8(10,11)12/h3-4H,1-2H2,(H,13,14,15). The zero-order chi connectivity index (χ0) is 11.1. The first kappa shape index (κ1) is 10.1. The number of alkyl halides is 3. The molecule has 0 aliphatic heterocycles. The second-order valence-corrected chi connectivity index (χ2v) is 3.43. The lowest BCUT2D eigenvalue weighted by atomic mass is 10.2. The normalized spacial score (nSPS) is 18.7. The summed E-state index contributed by atoms with van der Waals surface area (Å²) in [6, 6.07) is 0.839. The van der Waals surface area contributed by atoms with Crippen LogP contribution < -0.4 is 5.32 Å². The van der Waals surface area contributed by atoms with E-state index in [1.165, 1.54) is 0 Å². The molecule has 1 N–H and O–H groups in total. The topological polar surface area (TPSA) is 37.8 Å². The van der Waals surface area contributed by atoms with E-state index in [4.69, 9.17) is 0 Å². The van der Waals surface area contributed by atoms with Gasteiger partial charge in [-0.2, -0.15) is 17.6 Å². The summed E-state index contributed by atoms with van der Waals surface area (Å²) in [5.41, 5.74) is -1.92. The zero-order valence-electron chi connectivity index (χ0n) is 7.48. The van der Waals surface area contributed by atoms with Gasteiger partial charge in [-0.25, -0.2) is 9.97 Å². The number of rotatable bonds is 2. The van der Waals surface area contributed by atoms with Crippen molar-refractivity contribution in [3.8, 4) is 0 Å². The molecule has 1 aromatic rings. The fourth-order valence-electron chi connectivity index (χ4n) is 1.25. The van der Waals surface area contributed by atoms with E-state index in [0.717, 1.165) is 12.4 Å². The number of aromatic nitrogens is 2. The lowest BCUT2D eigenvalue weighted by molar-refractivity contribution is -0.151. The number of hydrogen-bond acceptors (Lipinski definition) is 3. The van der Waals surface area contributed by atoms with Gasteiger partial charge in [-0.15, -0.1) is 0 Å². The van der Waals surface area contributed by atoms with Gasteiger partial charge in [0.25, 0.3) is 0 Å². The molecule has 0 bridgehead atoms. The minimum Gasteiger partial charge on any atom is -0.356 e. The van der Waals surface area contributed by atoms with Crippen molar-refractivity contribution in [2.75, 3.05) is 5.32 Å². The van der Waals surface area contributed by atoms with Crippen LogP contribution in [-0.2, 0) is 0 Å². The van der Waals surface area contributed by atoms with Gasteiger partial charge >= 0.3 is 6.18 Å². The Balaban J connectivity index is 2.16. The Morgan fingerprint density at radius 2 is 1.93 bits per heavy atom. The van der Waals surface area contributed by atoms with E-state index in [1.54, 1.807) is 0 Å². The Hall–Kier alpha value is -1.40. The molecule has 1 aliphatic carbocycles. The zero-order valence-corrected chi connectivity index (χ0v) is 7.48. The van der Waals surface area contributed by atoms with Gasteiger partial charge in [-0.1, -0.05) is 0 Å². The Morgan fingerprint density at radius 3 is 2.40 bits per heavy atom. The van der Waals surface area contributed by atoms with Crippen molar-refractivity contribution in [2.45, 2.75) is 24.6 Å².